The molecule has 2 saturated heterocycles. The number of hydrogen-bond donors (Lipinski definition) is 2. The fourth-order valence-corrected chi connectivity index (χ4v) is 3.27. The third-order valence-electron chi connectivity index (χ3n) is 4.06. The van der Waals surface area contributed by atoms with Gasteiger partial charge in [0, 0.05) is 30.4 Å². The maximum atomic E-state index is 5.69. The van der Waals surface area contributed by atoms with Gasteiger partial charge in [-0.15, -0.1) is 0 Å². The van der Waals surface area contributed by atoms with Gasteiger partial charge in [-0.25, -0.2) is 4.98 Å². The summed E-state index contributed by atoms with van der Waals surface area (Å²) in [6, 6.07) is 3.16. The van der Waals surface area contributed by atoms with Crippen molar-refractivity contribution in [3.05, 3.63) is 11.8 Å². The molecule has 3 rings (SSSR count). The van der Waals surface area contributed by atoms with Gasteiger partial charge >= 0.3 is 0 Å². The second-order valence-electron chi connectivity index (χ2n) is 5.39. The van der Waals surface area contributed by atoms with E-state index in [1.165, 1.54) is 38.8 Å². The average molecular weight is 247 g/mol. The van der Waals surface area contributed by atoms with E-state index in [1.54, 1.807) is 0 Å². The van der Waals surface area contributed by atoms with Crippen molar-refractivity contribution in [3.63, 3.8) is 0 Å². The Morgan fingerprint density at radius 1 is 1.28 bits per heavy atom. The van der Waals surface area contributed by atoms with E-state index in [0.29, 0.717) is 18.0 Å². The van der Waals surface area contributed by atoms with Crippen LogP contribution in [-0.2, 0) is 0 Å². The molecule has 0 radical (unpaired) electrons. The van der Waals surface area contributed by atoms with Crippen molar-refractivity contribution in [2.45, 2.75) is 44.7 Å². The fourth-order valence-electron chi connectivity index (χ4n) is 3.27. The van der Waals surface area contributed by atoms with Crippen molar-refractivity contribution in [1.82, 2.24) is 14.9 Å². The highest BCUT2D eigenvalue weighted by Crippen LogP contribution is 2.29. The molecule has 0 spiro atoms. The molecule has 5 heteroatoms. The largest absolute Gasteiger partial charge is 0.368 e. The van der Waals surface area contributed by atoms with Crippen LogP contribution >= 0.6 is 0 Å². The molecule has 2 atom stereocenters. The predicted molar refractivity (Wildman–Crippen MR) is 72.4 cm³/mol. The number of hydrogen-bond acceptors (Lipinski definition) is 5. The van der Waals surface area contributed by atoms with Gasteiger partial charge in [0.25, 0.3) is 0 Å². The van der Waals surface area contributed by atoms with Crippen molar-refractivity contribution in [3.8, 4) is 0 Å². The van der Waals surface area contributed by atoms with Crippen LogP contribution in [0.15, 0.2) is 6.07 Å². The molecule has 2 fully saturated rings. The quantitative estimate of drug-likeness (QED) is 0.827. The number of anilines is 2. The van der Waals surface area contributed by atoms with Crippen LogP contribution in [0, 0.1) is 6.92 Å². The van der Waals surface area contributed by atoms with Crippen LogP contribution in [-0.4, -0.2) is 40.0 Å². The molecule has 2 aliphatic heterocycles. The number of rotatable bonds is 2. The van der Waals surface area contributed by atoms with Gasteiger partial charge in [-0.1, -0.05) is 6.42 Å². The normalized spacial score (nSPS) is 28.1. The summed E-state index contributed by atoms with van der Waals surface area (Å²) in [5, 5.41) is 3.55. The molecule has 0 saturated carbocycles. The predicted octanol–water partition coefficient (Wildman–Crippen LogP) is 1.41. The molecule has 0 bridgehead atoms. The van der Waals surface area contributed by atoms with E-state index >= 15 is 0 Å². The van der Waals surface area contributed by atoms with Gasteiger partial charge in [0.05, 0.1) is 0 Å². The van der Waals surface area contributed by atoms with E-state index in [-0.39, 0.29) is 0 Å². The maximum absolute atomic E-state index is 5.69. The van der Waals surface area contributed by atoms with Crippen LogP contribution in [0.1, 0.15) is 31.4 Å². The lowest BCUT2D eigenvalue weighted by molar-refractivity contribution is 0.192. The van der Waals surface area contributed by atoms with Crippen LogP contribution in [0.25, 0.3) is 0 Å². The highest BCUT2D eigenvalue weighted by atomic mass is 15.2. The van der Waals surface area contributed by atoms with E-state index < -0.39 is 0 Å². The first-order chi connectivity index (χ1) is 8.72. The van der Waals surface area contributed by atoms with Crippen LogP contribution in [0.2, 0.25) is 0 Å². The summed E-state index contributed by atoms with van der Waals surface area (Å²) in [5.74, 6) is 1.23. The smallest absolute Gasteiger partial charge is 0.222 e. The Kier molecular flexibility index (Phi) is 3.07. The number of nitrogens with two attached hydrogens (primary N) is 1. The van der Waals surface area contributed by atoms with Crippen LogP contribution in [0.4, 0.5) is 11.8 Å². The lowest BCUT2D eigenvalue weighted by Gasteiger charge is -2.32. The molecule has 1 aromatic rings. The van der Waals surface area contributed by atoms with Gasteiger partial charge in [-0.05, 0) is 32.7 Å². The SMILES string of the molecule is Cc1cc(NC2CCN3CCCCC23)nc(N)n1. The monoisotopic (exact) mass is 247 g/mol. The summed E-state index contributed by atoms with van der Waals surface area (Å²) in [5.41, 5.74) is 6.61. The summed E-state index contributed by atoms with van der Waals surface area (Å²) in [6.07, 6.45) is 5.21. The summed E-state index contributed by atoms with van der Waals surface area (Å²) >= 11 is 0. The first-order valence-electron chi connectivity index (χ1n) is 6.84. The molecule has 0 aliphatic carbocycles. The van der Waals surface area contributed by atoms with E-state index in [9.17, 15) is 0 Å². The number of aryl methyl sites for hydroxylation is 1. The third-order valence-corrected chi connectivity index (χ3v) is 4.06. The maximum Gasteiger partial charge on any atom is 0.222 e. The molecule has 5 nitrogen and oxygen atoms in total. The van der Waals surface area contributed by atoms with E-state index in [4.69, 9.17) is 5.73 Å². The Morgan fingerprint density at radius 2 is 2.17 bits per heavy atom. The van der Waals surface area contributed by atoms with E-state index in [2.05, 4.69) is 20.2 Å². The second kappa shape index (κ2) is 4.72. The highest BCUT2D eigenvalue weighted by Gasteiger charge is 2.35. The molecule has 2 aliphatic rings. The van der Waals surface area contributed by atoms with Crippen molar-refractivity contribution in [1.29, 1.82) is 0 Å². The first-order valence-corrected chi connectivity index (χ1v) is 6.84. The molecule has 2 unspecified atom stereocenters. The number of aromatic nitrogens is 2. The zero-order valence-corrected chi connectivity index (χ0v) is 10.9. The van der Waals surface area contributed by atoms with Gasteiger partial charge in [0.15, 0.2) is 0 Å². The van der Waals surface area contributed by atoms with Crippen LogP contribution < -0.4 is 11.1 Å². The van der Waals surface area contributed by atoms with Gasteiger partial charge in [-0.2, -0.15) is 4.98 Å². The Hall–Kier alpha value is -1.36. The molecule has 0 aromatic carbocycles. The Bertz CT molecular complexity index is 413. The first kappa shape index (κ1) is 11.7. The number of fused-ring (bicyclic) bond motifs is 1. The molecule has 3 heterocycles. The van der Waals surface area contributed by atoms with E-state index in [0.717, 1.165) is 11.5 Å². The third kappa shape index (κ3) is 2.27. The Labute approximate surface area is 108 Å². The molecule has 3 N–H and O–H groups in total. The summed E-state index contributed by atoms with van der Waals surface area (Å²) < 4.78 is 0. The van der Waals surface area contributed by atoms with Crippen LogP contribution in [0.5, 0.6) is 0 Å². The standard InChI is InChI=1S/C13H21N5/c1-9-8-12(17-13(14)15-9)16-10-5-7-18-6-3-2-4-11(10)18/h8,10-11H,2-7H2,1H3,(H3,14,15,16,17). The minimum Gasteiger partial charge on any atom is -0.368 e. The highest BCUT2D eigenvalue weighted by molar-refractivity contribution is 5.41. The van der Waals surface area contributed by atoms with Gasteiger partial charge in [0.1, 0.15) is 5.82 Å². The summed E-state index contributed by atoms with van der Waals surface area (Å²) in [4.78, 5) is 11.0. The minimum atomic E-state index is 0.357. The van der Waals surface area contributed by atoms with Crippen LogP contribution in [0.3, 0.4) is 0 Å². The number of piperidine rings is 1. The second-order valence-corrected chi connectivity index (χ2v) is 5.39. The van der Waals surface area contributed by atoms with E-state index in [1.807, 2.05) is 13.0 Å². The Morgan fingerprint density at radius 3 is 3.00 bits per heavy atom. The van der Waals surface area contributed by atoms with Crippen molar-refractivity contribution in [2.75, 3.05) is 24.1 Å². The fraction of sp³-hybridized carbons (Fsp3) is 0.692. The van der Waals surface area contributed by atoms with Crippen molar-refractivity contribution >= 4 is 11.8 Å². The number of nitrogens with one attached hydrogen (secondary N) is 1. The minimum absolute atomic E-state index is 0.357. The molecular weight excluding hydrogens is 226 g/mol. The summed E-state index contributed by atoms with van der Waals surface area (Å²) in [7, 11) is 0. The molecule has 1 aromatic heterocycles. The molecular formula is C13H21N5. The summed E-state index contributed by atoms with van der Waals surface area (Å²) in [6.45, 7) is 4.42. The Balaban J connectivity index is 1.72. The topological polar surface area (TPSA) is 67.1 Å². The van der Waals surface area contributed by atoms with Gasteiger partial charge in [-0.3, -0.25) is 4.90 Å². The molecule has 98 valence electrons. The zero-order chi connectivity index (χ0) is 12.5. The molecule has 0 amide bonds. The average Bonchev–Trinajstić information content (AvgIpc) is 2.72. The van der Waals surface area contributed by atoms with Crippen molar-refractivity contribution < 1.29 is 0 Å². The number of nitrogens with zero attached hydrogens (tertiary/aromatic N) is 3. The number of nitrogen functional groups attached to an aromatic ring is 1. The van der Waals surface area contributed by atoms with Gasteiger partial charge < -0.3 is 11.1 Å². The lowest BCUT2D eigenvalue weighted by atomic mass is 9.99. The van der Waals surface area contributed by atoms with Gasteiger partial charge in [0.2, 0.25) is 5.95 Å². The lowest BCUT2D eigenvalue weighted by Crippen LogP contribution is -2.41. The molecule has 18 heavy (non-hydrogen) atoms. The van der Waals surface area contributed by atoms with Crippen molar-refractivity contribution in [2.24, 2.45) is 0 Å². The zero-order valence-electron chi connectivity index (χ0n) is 10.9.